The smallest absolute Gasteiger partial charge is 0.164 e. The van der Waals surface area contributed by atoms with Crippen LogP contribution in [0.15, 0.2) is 218 Å². The van der Waals surface area contributed by atoms with Gasteiger partial charge in [0.25, 0.3) is 0 Å². The zero-order valence-electron chi connectivity index (χ0n) is 33.6. The van der Waals surface area contributed by atoms with E-state index in [0.717, 1.165) is 55.5 Å². The SMILES string of the molecule is c1ccc(-c2nc(-c3ccccc3)nc(-c3ccc(-c4cc(-c5cc6ccccc6c6ccccc56)nc5ccc(-c6cc7ccccc7c7ccccc67)cc45)cc3)n2)cc1. The molecule has 0 saturated carbocycles. The van der Waals surface area contributed by atoms with E-state index in [0.29, 0.717) is 17.5 Å². The molecule has 2 aromatic heterocycles. The van der Waals surface area contributed by atoms with Crippen LogP contribution in [0.1, 0.15) is 0 Å². The molecule has 0 atom stereocenters. The van der Waals surface area contributed by atoms with Gasteiger partial charge in [0.1, 0.15) is 0 Å². The third kappa shape index (κ3) is 6.16. The minimum atomic E-state index is 0.623. The van der Waals surface area contributed by atoms with E-state index in [-0.39, 0.29) is 0 Å². The second-order valence-electron chi connectivity index (χ2n) is 15.8. The summed E-state index contributed by atoms with van der Waals surface area (Å²) in [6.45, 7) is 0. The second kappa shape index (κ2) is 14.7. The van der Waals surface area contributed by atoms with Gasteiger partial charge in [-0.1, -0.05) is 188 Å². The van der Waals surface area contributed by atoms with Gasteiger partial charge in [-0.3, -0.25) is 0 Å². The van der Waals surface area contributed by atoms with Gasteiger partial charge >= 0.3 is 0 Å². The molecular weight excluding hydrogens is 753 g/mol. The summed E-state index contributed by atoms with van der Waals surface area (Å²) in [6, 6.07) is 77.2. The second-order valence-corrected chi connectivity index (χ2v) is 15.8. The van der Waals surface area contributed by atoms with Gasteiger partial charge < -0.3 is 0 Å². The highest BCUT2D eigenvalue weighted by molar-refractivity contribution is 6.16. The number of pyridine rings is 1. The molecule has 0 bridgehead atoms. The fraction of sp³-hybridized carbons (Fsp3) is 0. The lowest BCUT2D eigenvalue weighted by molar-refractivity contribution is 1.07. The minimum absolute atomic E-state index is 0.623. The highest BCUT2D eigenvalue weighted by Gasteiger charge is 2.18. The van der Waals surface area contributed by atoms with Crippen molar-refractivity contribution in [2.75, 3.05) is 0 Å². The van der Waals surface area contributed by atoms with Crippen molar-refractivity contribution in [3.8, 4) is 67.7 Å². The van der Waals surface area contributed by atoms with E-state index in [1.54, 1.807) is 0 Å². The van der Waals surface area contributed by atoms with Crippen molar-refractivity contribution in [2.45, 2.75) is 0 Å². The average Bonchev–Trinajstić information content (AvgIpc) is 3.36. The Labute approximate surface area is 358 Å². The highest BCUT2D eigenvalue weighted by Crippen LogP contribution is 2.41. The molecule has 0 spiro atoms. The summed E-state index contributed by atoms with van der Waals surface area (Å²) in [5, 5.41) is 10.9. The van der Waals surface area contributed by atoms with Gasteiger partial charge in [0, 0.05) is 27.6 Å². The summed E-state index contributed by atoms with van der Waals surface area (Å²) >= 11 is 0. The summed E-state index contributed by atoms with van der Waals surface area (Å²) in [4.78, 5) is 20.4. The van der Waals surface area contributed by atoms with E-state index in [2.05, 4.69) is 158 Å². The molecule has 0 aliphatic carbocycles. The van der Waals surface area contributed by atoms with Crippen LogP contribution < -0.4 is 0 Å². The van der Waals surface area contributed by atoms with Crippen LogP contribution in [0.2, 0.25) is 0 Å². The number of hydrogen-bond acceptors (Lipinski definition) is 4. The van der Waals surface area contributed by atoms with Crippen LogP contribution >= 0.6 is 0 Å². The molecule has 4 nitrogen and oxygen atoms in total. The molecule has 0 radical (unpaired) electrons. The van der Waals surface area contributed by atoms with E-state index < -0.39 is 0 Å². The van der Waals surface area contributed by atoms with Crippen LogP contribution in [0.5, 0.6) is 0 Å². The van der Waals surface area contributed by atoms with Crippen LogP contribution in [0, 0.1) is 0 Å². The van der Waals surface area contributed by atoms with Gasteiger partial charge in [0.05, 0.1) is 11.2 Å². The zero-order valence-corrected chi connectivity index (χ0v) is 33.6. The first-order chi connectivity index (χ1) is 30.7. The summed E-state index contributed by atoms with van der Waals surface area (Å²) in [6.07, 6.45) is 0. The Hall–Kier alpha value is -8.34. The number of benzene rings is 10. The maximum absolute atomic E-state index is 5.45. The summed E-state index contributed by atoms with van der Waals surface area (Å²) < 4.78 is 0. The molecule has 0 unspecified atom stereocenters. The lowest BCUT2D eigenvalue weighted by atomic mass is 9.90. The summed E-state index contributed by atoms with van der Waals surface area (Å²) in [5.74, 6) is 1.90. The van der Waals surface area contributed by atoms with E-state index in [1.165, 1.54) is 48.7 Å². The first-order valence-corrected chi connectivity index (χ1v) is 21.0. The van der Waals surface area contributed by atoms with E-state index in [9.17, 15) is 0 Å². The number of hydrogen-bond donors (Lipinski definition) is 0. The van der Waals surface area contributed by atoms with Crippen molar-refractivity contribution in [1.29, 1.82) is 0 Å². The van der Waals surface area contributed by atoms with Crippen LogP contribution in [-0.2, 0) is 0 Å². The molecule has 10 aromatic carbocycles. The summed E-state index contributed by atoms with van der Waals surface area (Å²) in [5.41, 5.74) is 10.3. The fourth-order valence-electron chi connectivity index (χ4n) is 9.07. The largest absolute Gasteiger partial charge is 0.248 e. The highest BCUT2D eigenvalue weighted by atomic mass is 15.0. The number of nitrogens with zero attached hydrogens (tertiary/aromatic N) is 4. The molecule has 2 heterocycles. The number of aromatic nitrogens is 4. The van der Waals surface area contributed by atoms with E-state index in [1.807, 2.05) is 60.7 Å². The molecule has 0 aliphatic heterocycles. The van der Waals surface area contributed by atoms with Crippen LogP contribution in [-0.4, -0.2) is 19.9 Å². The first kappa shape index (κ1) is 35.6. The van der Waals surface area contributed by atoms with Crippen molar-refractivity contribution in [1.82, 2.24) is 19.9 Å². The summed E-state index contributed by atoms with van der Waals surface area (Å²) in [7, 11) is 0. The molecule has 12 aromatic rings. The molecule has 0 aliphatic rings. The van der Waals surface area contributed by atoms with Gasteiger partial charge in [-0.25, -0.2) is 19.9 Å². The van der Waals surface area contributed by atoms with Crippen molar-refractivity contribution in [3.05, 3.63) is 218 Å². The minimum Gasteiger partial charge on any atom is -0.248 e. The number of fused-ring (bicyclic) bond motifs is 7. The molecule has 0 N–H and O–H groups in total. The van der Waals surface area contributed by atoms with Gasteiger partial charge in [0.15, 0.2) is 17.5 Å². The Bertz CT molecular complexity index is 3620. The fourth-order valence-corrected chi connectivity index (χ4v) is 9.07. The van der Waals surface area contributed by atoms with E-state index in [4.69, 9.17) is 19.9 Å². The van der Waals surface area contributed by atoms with Gasteiger partial charge in [-0.2, -0.15) is 0 Å². The Morgan fingerprint density at radius 3 is 1.19 bits per heavy atom. The van der Waals surface area contributed by atoms with Gasteiger partial charge in [-0.05, 0) is 95.7 Å². The molecule has 288 valence electrons. The molecule has 12 rings (SSSR count). The standard InChI is InChI=1S/C58H36N4/c1-3-15-38(16-4-1)56-60-57(39-17-5-2-6-18-39)62-58(61-56)40-29-27-37(28-30-40)51-36-55(52-34-42-20-8-10-22-45(42)47-24-12-14-26-49(47)52)59-54-32-31-43(35-53(51)54)50-33-41-19-7-9-21-44(41)46-23-11-13-25-48(46)50/h1-36H. The molecule has 62 heavy (non-hydrogen) atoms. The monoisotopic (exact) mass is 788 g/mol. The topological polar surface area (TPSA) is 51.6 Å². The van der Waals surface area contributed by atoms with Gasteiger partial charge in [0.2, 0.25) is 0 Å². The molecule has 0 fully saturated rings. The molecule has 4 heteroatoms. The predicted octanol–water partition coefficient (Wildman–Crippen LogP) is 15.0. The number of rotatable bonds is 6. The maximum atomic E-state index is 5.45. The van der Waals surface area contributed by atoms with Crippen LogP contribution in [0.25, 0.3) is 122 Å². The third-order valence-corrected chi connectivity index (χ3v) is 12.1. The first-order valence-electron chi connectivity index (χ1n) is 21.0. The van der Waals surface area contributed by atoms with Crippen molar-refractivity contribution in [3.63, 3.8) is 0 Å². The van der Waals surface area contributed by atoms with Crippen molar-refractivity contribution < 1.29 is 0 Å². The quantitative estimate of drug-likeness (QED) is 0.158. The Morgan fingerprint density at radius 2 is 0.629 bits per heavy atom. The Balaban J connectivity index is 1.06. The van der Waals surface area contributed by atoms with Crippen molar-refractivity contribution >= 4 is 54.0 Å². The van der Waals surface area contributed by atoms with Crippen LogP contribution in [0.3, 0.4) is 0 Å². The van der Waals surface area contributed by atoms with E-state index >= 15 is 0 Å². The predicted molar refractivity (Wildman–Crippen MR) is 258 cm³/mol. The lowest BCUT2D eigenvalue weighted by Gasteiger charge is -2.16. The van der Waals surface area contributed by atoms with Gasteiger partial charge in [-0.15, -0.1) is 0 Å². The molecule has 0 saturated heterocycles. The maximum Gasteiger partial charge on any atom is 0.164 e. The lowest BCUT2D eigenvalue weighted by Crippen LogP contribution is -2.00. The Morgan fingerprint density at radius 1 is 0.226 bits per heavy atom. The average molecular weight is 789 g/mol. The third-order valence-electron chi connectivity index (χ3n) is 12.1. The molecule has 0 amide bonds. The Kier molecular flexibility index (Phi) is 8.46. The van der Waals surface area contributed by atoms with Crippen molar-refractivity contribution in [2.24, 2.45) is 0 Å². The van der Waals surface area contributed by atoms with Crippen LogP contribution in [0.4, 0.5) is 0 Å². The zero-order chi connectivity index (χ0) is 41.0. The molecular formula is C58H36N4. The normalized spacial score (nSPS) is 11.5.